The van der Waals surface area contributed by atoms with E-state index in [1.165, 1.54) is 0 Å². The fourth-order valence-corrected chi connectivity index (χ4v) is 1.35. The van der Waals surface area contributed by atoms with Gasteiger partial charge in [-0.05, 0) is 17.4 Å². The highest BCUT2D eigenvalue weighted by Crippen LogP contribution is 2.14. The highest BCUT2D eigenvalue weighted by atomic mass is 16.3. The normalized spacial score (nSPS) is 12.9. The molecule has 0 aliphatic rings. The van der Waals surface area contributed by atoms with E-state index in [1.54, 1.807) is 17.1 Å². The van der Waals surface area contributed by atoms with E-state index in [9.17, 15) is 5.11 Å². The maximum Gasteiger partial charge on any atom is 0.154 e. The molecule has 2 rings (SSSR count). The van der Waals surface area contributed by atoms with Crippen LogP contribution < -0.4 is 0 Å². The van der Waals surface area contributed by atoms with Gasteiger partial charge in [0.2, 0.25) is 0 Å². The van der Waals surface area contributed by atoms with E-state index >= 15 is 0 Å². The predicted molar refractivity (Wildman–Crippen MR) is 50.7 cm³/mol. The summed E-state index contributed by atoms with van der Waals surface area (Å²) in [4.78, 5) is 0. The summed E-state index contributed by atoms with van der Waals surface area (Å²) in [7, 11) is 0. The summed E-state index contributed by atoms with van der Waals surface area (Å²) in [6, 6.07) is 0. The largest absolute Gasteiger partial charge is 0.388 e. The first-order chi connectivity index (χ1) is 7.31. The highest BCUT2D eigenvalue weighted by Gasteiger charge is 2.14. The summed E-state index contributed by atoms with van der Waals surface area (Å²) in [6.07, 6.45) is 3.01. The van der Waals surface area contributed by atoms with Crippen LogP contribution in [-0.4, -0.2) is 35.5 Å². The molecule has 2 aromatic rings. The van der Waals surface area contributed by atoms with Gasteiger partial charge >= 0.3 is 0 Å². The second-order valence-electron chi connectivity index (χ2n) is 3.16. The van der Waals surface area contributed by atoms with Gasteiger partial charge in [-0.3, -0.25) is 5.10 Å². The highest BCUT2D eigenvalue weighted by molar-refractivity contribution is 5.08. The van der Waals surface area contributed by atoms with Crippen LogP contribution in [0.25, 0.3) is 0 Å². The Morgan fingerprint density at radius 1 is 1.60 bits per heavy atom. The van der Waals surface area contributed by atoms with E-state index in [4.69, 9.17) is 0 Å². The van der Waals surface area contributed by atoms with Crippen molar-refractivity contribution < 1.29 is 5.11 Å². The number of nitrogens with zero attached hydrogens (tertiary/aromatic N) is 5. The number of aliphatic hydroxyl groups is 1. The van der Waals surface area contributed by atoms with Crippen LogP contribution in [0.4, 0.5) is 0 Å². The Morgan fingerprint density at radius 3 is 3.13 bits per heavy atom. The van der Waals surface area contributed by atoms with E-state index in [2.05, 4.69) is 25.7 Å². The van der Waals surface area contributed by atoms with Crippen molar-refractivity contribution in [2.24, 2.45) is 0 Å². The molecule has 0 aliphatic carbocycles. The molecule has 2 N–H and O–H groups in total. The van der Waals surface area contributed by atoms with Crippen molar-refractivity contribution >= 4 is 0 Å². The maximum absolute atomic E-state index is 9.83. The maximum atomic E-state index is 9.83. The van der Waals surface area contributed by atoms with Crippen LogP contribution in [0.1, 0.15) is 24.4 Å². The minimum Gasteiger partial charge on any atom is -0.388 e. The van der Waals surface area contributed by atoms with Crippen LogP contribution in [0.3, 0.4) is 0 Å². The van der Waals surface area contributed by atoms with Crippen LogP contribution >= 0.6 is 0 Å². The first-order valence-corrected chi connectivity index (χ1v) is 4.73. The Balaban J connectivity index is 2.09. The number of hydrogen-bond acceptors (Lipinski definition) is 5. The average molecular weight is 208 g/mol. The number of aromatic amines is 1. The van der Waals surface area contributed by atoms with Gasteiger partial charge in [0, 0.05) is 24.7 Å². The Morgan fingerprint density at radius 2 is 2.47 bits per heavy atom. The van der Waals surface area contributed by atoms with Crippen molar-refractivity contribution in [1.82, 2.24) is 30.4 Å². The summed E-state index contributed by atoms with van der Waals surface area (Å²) >= 11 is 0. The lowest BCUT2D eigenvalue weighted by molar-refractivity contribution is 0.174. The monoisotopic (exact) mass is 208 g/mol. The van der Waals surface area contributed by atoms with Crippen molar-refractivity contribution in [3.05, 3.63) is 23.8 Å². The van der Waals surface area contributed by atoms with Gasteiger partial charge in [0.25, 0.3) is 0 Å². The van der Waals surface area contributed by atoms with Gasteiger partial charge in [-0.25, -0.2) is 4.68 Å². The molecule has 2 aromatic heterocycles. The minimum absolute atomic E-state index is 0.389. The van der Waals surface area contributed by atoms with E-state index < -0.39 is 6.10 Å². The van der Waals surface area contributed by atoms with Gasteiger partial charge < -0.3 is 5.11 Å². The van der Waals surface area contributed by atoms with E-state index in [1.807, 2.05) is 6.92 Å². The van der Waals surface area contributed by atoms with Crippen LogP contribution in [0.15, 0.2) is 12.4 Å². The van der Waals surface area contributed by atoms with Crippen molar-refractivity contribution in [3.8, 4) is 0 Å². The summed E-state index contributed by atoms with van der Waals surface area (Å²) < 4.78 is 1.66. The molecule has 0 aromatic carbocycles. The molecular formula is C8H12N6O. The zero-order valence-corrected chi connectivity index (χ0v) is 8.33. The fraction of sp³-hybridized carbons (Fsp3) is 0.500. The van der Waals surface area contributed by atoms with Crippen LogP contribution in [0.2, 0.25) is 0 Å². The van der Waals surface area contributed by atoms with Crippen LogP contribution in [0, 0.1) is 0 Å². The zero-order chi connectivity index (χ0) is 10.7. The Bertz CT molecular complexity index is 408. The molecule has 0 bridgehead atoms. The van der Waals surface area contributed by atoms with Gasteiger partial charge in [-0.15, -0.1) is 5.10 Å². The summed E-state index contributed by atoms with van der Waals surface area (Å²) in [5.41, 5.74) is 0.737. The molecule has 80 valence electrons. The molecule has 0 spiro atoms. The summed E-state index contributed by atoms with van der Waals surface area (Å²) in [5.74, 6) is 0.672. The smallest absolute Gasteiger partial charge is 0.154 e. The molecule has 0 saturated carbocycles. The first kappa shape index (κ1) is 9.78. The number of aromatic nitrogens is 6. The average Bonchev–Trinajstić information content (AvgIpc) is 2.87. The zero-order valence-electron chi connectivity index (χ0n) is 8.33. The van der Waals surface area contributed by atoms with Crippen LogP contribution in [0.5, 0.6) is 0 Å². The molecule has 7 heteroatoms. The molecule has 0 radical (unpaired) electrons. The first-order valence-electron chi connectivity index (χ1n) is 4.73. The second-order valence-corrected chi connectivity index (χ2v) is 3.16. The van der Waals surface area contributed by atoms with Gasteiger partial charge in [-0.1, -0.05) is 0 Å². The van der Waals surface area contributed by atoms with E-state index in [0.29, 0.717) is 18.8 Å². The van der Waals surface area contributed by atoms with Gasteiger partial charge in [-0.2, -0.15) is 5.10 Å². The molecule has 0 aliphatic heterocycles. The quantitative estimate of drug-likeness (QED) is 0.719. The third-order valence-electron chi connectivity index (χ3n) is 2.19. The molecule has 2 heterocycles. The number of H-pyrrole nitrogens is 1. The predicted octanol–water partition coefficient (Wildman–Crippen LogP) is -0.308. The SMILES string of the molecule is CCn1nnnc1CC(O)c1cn[nH]c1. The van der Waals surface area contributed by atoms with Gasteiger partial charge in [0.15, 0.2) is 5.82 Å². The minimum atomic E-state index is -0.625. The summed E-state index contributed by atoms with van der Waals surface area (Å²) in [5, 5.41) is 27.4. The molecule has 0 amide bonds. The van der Waals surface area contributed by atoms with Crippen molar-refractivity contribution in [2.75, 3.05) is 0 Å². The topological polar surface area (TPSA) is 92.5 Å². The van der Waals surface area contributed by atoms with Crippen LogP contribution in [-0.2, 0) is 13.0 Å². The summed E-state index contributed by atoms with van der Waals surface area (Å²) in [6.45, 7) is 2.64. The number of tetrazole rings is 1. The van der Waals surface area contributed by atoms with Crippen molar-refractivity contribution in [2.45, 2.75) is 26.0 Å². The second kappa shape index (κ2) is 4.18. The van der Waals surface area contributed by atoms with Gasteiger partial charge in [0.05, 0.1) is 12.3 Å². The number of aryl methyl sites for hydroxylation is 1. The molecule has 0 fully saturated rings. The Labute approximate surface area is 86.1 Å². The number of rotatable bonds is 4. The third-order valence-corrected chi connectivity index (χ3v) is 2.19. The molecule has 1 atom stereocenters. The molecule has 1 unspecified atom stereocenters. The van der Waals surface area contributed by atoms with Crippen molar-refractivity contribution in [3.63, 3.8) is 0 Å². The lowest BCUT2D eigenvalue weighted by atomic mass is 10.1. The third kappa shape index (κ3) is 2.01. The molecule has 7 nitrogen and oxygen atoms in total. The Hall–Kier alpha value is -1.76. The fourth-order valence-electron chi connectivity index (χ4n) is 1.35. The number of hydrogen-bond donors (Lipinski definition) is 2. The van der Waals surface area contributed by atoms with E-state index in [0.717, 1.165) is 5.56 Å². The standard InChI is InChI=1S/C8H12N6O/c1-2-14-8(11-12-13-14)3-7(15)6-4-9-10-5-6/h4-5,7,15H,2-3H2,1H3,(H,9,10). The lowest BCUT2D eigenvalue weighted by Gasteiger charge is -2.06. The van der Waals surface area contributed by atoms with E-state index in [-0.39, 0.29) is 0 Å². The number of nitrogens with one attached hydrogen (secondary N) is 1. The lowest BCUT2D eigenvalue weighted by Crippen LogP contribution is -2.09. The Kier molecular flexibility index (Phi) is 2.72. The molecular weight excluding hydrogens is 196 g/mol. The number of aliphatic hydroxyl groups excluding tert-OH is 1. The van der Waals surface area contributed by atoms with Gasteiger partial charge in [0.1, 0.15) is 0 Å². The molecule has 0 saturated heterocycles. The van der Waals surface area contributed by atoms with Crippen molar-refractivity contribution in [1.29, 1.82) is 0 Å². The molecule has 15 heavy (non-hydrogen) atoms.